The molecule has 5 nitrogen and oxygen atoms in total. The highest BCUT2D eigenvalue weighted by molar-refractivity contribution is 9.10. The minimum Gasteiger partial charge on any atom is -0.279 e. The molecule has 0 spiro atoms. The van der Waals surface area contributed by atoms with Crippen molar-refractivity contribution in [3.05, 3.63) is 64.8 Å². The summed E-state index contributed by atoms with van der Waals surface area (Å²) in [6.45, 7) is 0. The number of halogens is 1. The van der Waals surface area contributed by atoms with E-state index in [0.717, 1.165) is 5.39 Å². The molecule has 1 heterocycles. The number of nitrogens with one attached hydrogen (secondary N) is 1. The predicted molar refractivity (Wildman–Crippen MR) is 95.3 cm³/mol. The van der Waals surface area contributed by atoms with Crippen LogP contribution in [0, 0.1) is 11.3 Å². The molecule has 0 aliphatic heterocycles. The first-order chi connectivity index (χ1) is 11.0. The van der Waals surface area contributed by atoms with Gasteiger partial charge in [0.15, 0.2) is 0 Å². The Morgan fingerprint density at radius 1 is 1.13 bits per heavy atom. The highest BCUT2D eigenvalue weighted by Gasteiger charge is 2.15. The molecule has 0 radical (unpaired) electrons. The van der Waals surface area contributed by atoms with E-state index >= 15 is 0 Å². The van der Waals surface area contributed by atoms with Gasteiger partial charge in [-0.05, 0) is 46.3 Å². The largest absolute Gasteiger partial charge is 0.279 e. The fourth-order valence-electron chi connectivity index (χ4n) is 2.16. The topological polar surface area (TPSA) is 89.2 Å². The van der Waals surface area contributed by atoms with Crippen molar-refractivity contribution in [1.82, 2.24) is 4.98 Å². The lowest BCUT2D eigenvalue weighted by molar-refractivity contribution is 0.494. The molecule has 7 heteroatoms. The number of hydrogen-bond acceptors (Lipinski definition) is 5. The second-order valence-electron chi connectivity index (χ2n) is 4.83. The van der Waals surface area contributed by atoms with Crippen LogP contribution < -0.4 is 4.72 Å². The smallest absolute Gasteiger partial charge is 0.0992 e. The van der Waals surface area contributed by atoms with Crippen LogP contribution in [0.5, 0.6) is 0 Å². The maximum absolute atomic E-state index is 10.3. The van der Waals surface area contributed by atoms with E-state index in [1.807, 2.05) is 0 Å². The molecule has 0 bridgehead atoms. The van der Waals surface area contributed by atoms with Crippen LogP contribution in [-0.4, -0.2) is 14.1 Å². The molecule has 2 aromatic carbocycles. The van der Waals surface area contributed by atoms with Gasteiger partial charge in [0, 0.05) is 9.86 Å². The summed E-state index contributed by atoms with van der Waals surface area (Å²) in [6, 6.07) is 15.8. The standard InChI is InChI=1S/C16H12BrN3O2S/c17-15-7-11(9-18)6-12-8-13(10-19-16(12)15)20-23(21,22)14-4-2-1-3-5-14/h1-8,10,20-22H. The van der Waals surface area contributed by atoms with Crippen molar-refractivity contribution in [3.63, 3.8) is 0 Å². The highest BCUT2D eigenvalue weighted by Crippen LogP contribution is 2.47. The Hall–Kier alpha value is -2.11. The summed E-state index contributed by atoms with van der Waals surface area (Å²) >= 11 is 3.38. The summed E-state index contributed by atoms with van der Waals surface area (Å²) in [5.74, 6) is 0. The predicted octanol–water partition coefficient (Wildman–Crippen LogP) is 5.01. The Labute approximate surface area is 143 Å². The average molecular weight is 390 g/mol. The molecule has 0 saturated carbocycles. The molecule has 3 N–H and O–H groups in total. The molecule has 0 saturated heterocycles. The number of pyridine rings is 1. The SMILES string of the molecule is N#Cc1cc(Br)c2ncc(NS(O)(O)c3ccccc3)cc2c1. The molecule has 23 heavy (non-hydrogen) atoms. The highest BCUT2D eigenvalue weighted by atomic mass is 79.9. The van der Waals surface area contributed by atoms with Crippen LogP contribution in [-0.2, 0) is 0 Å². The molecule has 3 aromatic rings. The monoisotopic (exact) mass is 389 g/mol. The van der Waals surface area contributed by atoms with E-state index < -0.39 is 10.8 Å². The van der Waals surface area contributed by atoms with E-state index in [9.17, 15) is 9.11 Å². The molecule has 0 fully saturated rings. The van der Waals surface area contributed by atoms with E-state index in [-0.39, 0.29) is 0 Å². The van der Waals surface area contributed by atoms with E-state index in [0.29, 0.717) is 26.1 Å². The van der Waals surface area contributed by atoms with Gasteiger partial charge in [-0.15, -0.1) is 0 Å². The van der Waals surface area contributed by atoms with Gasteiger partial charge in [0.1, 0.15) is 0 Å². The lowest BCUT2D eigenvalue weighted by Crippen LogP contribution is -2.09. The van der Waals surface area contributed by atoms with Crippen molar-refractivity contribution in [3.8, 4) is 6.07 Å². The third-order valence-corrected chi connectivity index (χ3v) is 5.25. The number of nitrogens with zero attached hydrogens (tertiary/aromatic N) is 2. The van der Waals surface area contributed by atoms with Crippen LogP contribution in [0.1, 0.15) is 5.56 Å². The molecular formula is C16H12BrN3O2S. The fourth-order valence-corrected chi connectivity index (χ4v) is 3.83. The van der Waals surface area contributed by atoms with Crippen LogP contribution in [0.15, 0.2) is 64.1 Å². The number of aromatic nitrogens is 1. The lowest BCUT2D eigenvalue weighted by Gasteiger charge is -2.33. The van der Waals surface area contributed by atoms with Crippen LogP contribution in [0.25, 0.3) is 10.9 Å². The number of fused-ring (bicyclic) bond motifs is 1. The van der Waals surface area contributed by atoms with Gasteiger partial charge < -0.3 is 0 Å². The molecule has 0 atom stereocenters. The van der Waals surface area contributed by atoms with Crippen molar-refractivity contribution in [2.75, 3.05) is 4.72 Å². The van der Waals surface area contributed by atoms with Crippen molar-refractivity contribution < 1.29 is 9.11 Å². The van der Waals surface area contributed by atoms with Gasteiger partial charge in [-0.25, -0.2) is 0 Å². The fraction of sp³-hybridized carbons (Fsp3) is 0. The average Bonchev–Trinajstić information content (AvgIpc) is 2.55. The Morgan fingerprint density at radius 2 is 1.87 bits per heavy atom. The summed E-state index contributed by atoms with van der Waals surface area (Å²) in [5.41, 5.74) is 1.66. The molecule has 0 amide bonds. The summed E-state index contributed by atoms with van der Waals surface area (Å²) in [6.07, 6.45) is 1.52. The quantitative estimate of drug-likeness (QED) is 0.585. The normalized spacial score (nSPS) is 11.9. The number of nitriles is 1. The number of rotatable bonds is 3. The van der Waals surface area contributed by atoms with Crippen LogP contribution >= 0.6 is 26.7 Å². The number of anilines is 1. The summed E-state index contributed by atoms with van der Waals surface area (Å²) in [5, 5.41) is 9.77. The van der Waals surface area contributed by atoms with Gasteiger partial charge in [-0.2, -0.15) is 5.26 Å². The summed E-state index contributed by atoms with van der Waals surface area (Å²) < 4.78 is 24.0. The summed E-state index contributed by atoms with van der Waals surface area (Å²) in [7, 11) is -3.17. The third kappa shape index (κ3) is 3.30. The zero-order valence-corrected chi connectivity index (χ0v) is 14.2. The Bertz CT molecular complexity index is 910. The first kappa shape index (κ1) is 15.8. The summed E-state index contributed by atoms with van der Waals surface area (Å²) in [4.78, 5) is 4.70. The van der Waals surface area contributed by atoms with Gasteiger partial charge in [0.05, 0.1) is 33.9 Å². The maximum Gasteiger partial charge on any atom is 0.0992 e. The van der Waals surface area contributed by atoms with E-state index in [4.69, 9.17) is 5.26 Å². The van der Waals surface area contributed by atoms with E-state index in [2.05, 4.69) is 31.7 Å². The first-order valence-corrected chi connectivity index (χ1v) is 8.94. The Kier molecular flexibility index (Phi) is 4.24. The molecule has 0 unspecified atom stereocenters. The molecule has 1 aromatic heterocycles. The molecular weight excluding hydrogens is 378 g/mol. The zero-order chi connectivity index (χ0) is 16.4. The number of benzene rings is 2. The van der Waals surface area contributed by atoms with Crippen LogP contribution in [0.3, 0.4) is 0 Å². The van der Waals surface area contributed by atoms with Crippen molar-refractivity contribution >= 4 is 43.3 Å². The molecule has 3 rings (SSSR count). The first-order valence-electron chi connectivity index (χ1n) is 6.60. The van der Waals surface area contributed by atoms with Crippen molar-refractivity contribution in [2.24, 2.45) is 0 Å². The molecule has 116 valence electrons. The van der Waals surface area contributed by atoms with E-state index in [1.54, 1.807) is 48.5 Å². The minimum atomic E-state index is -3.17. The number of hydrogen-bond donors (Lipinski definition) is 3. The van der Waals surface area contributed by atoms with Crippen LogP contribution in [0.2, 0.25) is 0 Å². The van der Waals surface area contributed by atoms with Gasteiger partial charge in [0.2, 0.25) is 0 Å². The lowest BCUT2D eigenvalue weighted by atomic mass is 10.1. The van der Waals surface area contributed by atoms with Gasteiger partial charge in [0.25, 0.3) is 0 Å². The Balaban J connectivity index is 1.99. The second-order valence-corrected chi connectivity index (χ2v) is 7.46. The zero-order valence-electron chi connectivity index (χ0n) is 11.8. The third-order valence-electron chi connectivity index (χ3n) is 3.20. The van der Waals surface area contributed by atoms with Gasteiger partial charge in [-0.1, -0.05) is 29.0 Å². The Morgan fingerprint density at radius 3 is 2.57 bits per heavy atom. The second kappa shape index (κ2) is 6.18. The van der Waals surface area contributed by atoms with Crippen molar-refractivity contribution in [1.29, 1.82) is 5.26 Å². The molecule has 0 aliphatic rings. The van der Waals surface area contributed by atoms with Crippen molar-refractivity contribution in [2.45, 2.75) is 4.90 Å². The van der Waals surface area contributed by atoms with E-state index in [1.165, 1.54) is 6.20 Å². The maximum atomic E-state index is 10.3. The van der Waals surface area contributed by atoms with Crippen LogP contribution in [0.4, 0.5) is 5.69 Å². The van der Waals surface area contributed by atoms with Gasteiger partial charge >= 0.3 is 0 Å². The minimum absolute atomic E-state index is 0.395. The molecule has 0 aliphatic carbocycles. The van der Waals surface area contributed by atoms with Gasteiger partial charge in [-0.3, -0.25) is 18.8 Å².